The van der Waals surface area contributed by atoms with Crippen LogP contribution in [0.5, 0.6) is 5.75 Å². The van der Waals surface area contributed by atoms with Crippen molar-refractivity contribution < 1.29 is 28.7 Å². The van der Waals surface area contributed by atoms with Crippen LogP contribution in [-0.4, -0.2) is 48.0 Å². The molecule has 30 heavy (non-hydrogen) atoms. The van der Waals surface area contributed by atoms with E-state index in [4.69, 9.17) is 25.6 Å². The lowest BCUT2D eigenvalue weighted by Crippen LogP contribution is -2.41. The summed E-state index contributed by atoms with van der Waals surface area (Å²) >= 11 is 6.08. The Balaban J connectivity index is 2.40. The van der Waals surface area contributed by atoms with Gasteiger partial charge in [0, 0.05) is 17.1 Å². The lowest BCUT2D eigenvalue weighted by atomic mass is 9.76. The number of ether oxygens (including phenoxy) is 1. The summed E-state index contributed by atoms with van der Waals surface area (Å²) in [5, 5.41) is 13.4. The number of carbonyl (C=O) groups excluding carboxylic acids is 2. The highest BCUT2D eigenvalue weighted by Crippen LogP contribution is 2.39. The van der Waals surface area contributed by atoms with Crippen molar-refractivity contribution in [3.63, 3.8) is 0 Å². The zero-order valence-electron chi connectivity index (χ0n) is 18.5. The van der Waals surface area contributed by atoms with Crippen LogP contribution < -0.4 is 5.32 Å². The molecule has 0 atom stereocenters. The molecule has 1 aliphatic heterocycles. The molecule has 2 N–H and O–H groups in total. The van der Waals surface area contributed by atoms with Gasteiger partial charge in [0.25, 0.3) is 0 Å². The van der Waals surface area contributed by atoms with Crippen LogP contribution in [0.15, 0.2) is 17.6 Å². The van der Waals surface area contributed by atoms with Gasteiger partial charge in [0.15, 0.2) is 6.29 Å². The number of phenolic OH excluding ortho intramolecular Hbond substituents is 1. The Morgan fingerprint density at radius 3 is 2.23 bits per heavy atom. The molecule has 1 aliphatic rings. The summed E-state index contributed by atoms with van der Waals surface area (Å²) in [7, 11) is -0.789. The summed E-state index contributed by atoms with van der Waals surface area (Å²) in [6, 6.07) is 2.89. The van der Waals surface area contributed by atoms with E-state index in [2.05, 4.69) is 5.32 Å². The molecule has 1 aromatic carbocycles. The Morgan fingerprint density at radius 2 is 1.73 bits per heavy atom. The average molecular weight is 438 g/mol. The first kappa shape index (κ1) is 24.2. The van der Waals surface area contributed by atoms with Gasteiger partial charge in [-0.25, -0.2) is 4.79 Å². The molecule has 2 rings (SSSR count). The van der Waals surface area contributed by atoms with Crippen molar-refractivity contribution in [3.8, 4) is 5.75 Å². The summed E-state index contributed by atoms with van der Waals surface area (Å²) in [6.45, 7) is 13.0. The van der Waals surface area contributed by atoms with E-state index in [9.17, 15) is 14.7 Å². The van der Waals surface area contributed by atoms with Gasteiger partial charge in [0.05, 0.1) is 16.8 Å². The fraction of sp³-hybridized carbons (Fsp3) is 0.524. The van der Waals surface area contributed by atoms with Gasteiger partial charge in [-0.3, -0.25) is 4.79 Å². The van der Waals surface area contributed by atoms with Gasteiger partial charge in [-0.1, -0.05) is 17.7 Å². The molecule has 0 saturated carbocycles. The van der Waals surface area contributed by atoms with Crippen molar-refractivity contribution in [2.24, 2.45) is 0 Å². The van der Waals surface area contributed by atoms with Gasteiger partial charge < -0.3 is 24.5 Å². The van der Waals surface area contributed by atoms with Gasteiger partial charge in [-0.15, -0.1) is 0 Å². The van der Waals surface area contributed by atoms with Gasteiger partial charge in [-0.05, 0) is 66.1 Å². The van der Waals surface area contributed by atoms with E-state index in [-0.39, 0.29) is 22.9 Å². The number of nitrogens with one attached hydrogen (secondary N) is 1. The largest absolute Gasteiger partial charge is 0.507 e. The minimum absolute atomic E-state index is 0.0358. The lowest BCUT2D eigenvalue weighted by Gasteiger charge is -2.32. The molecule has 0 spiro atoms. The predicted octanol–water partition coefficient (Wildman–Crippen LogP) is 4.40. The van der Waals surface area contributed by atoms with E-state index in [1.165, 1.54) is 12.1 Å². The molecule has 164 valence electrons. The maximum atomic E-state index is 12.1. The average Bonchev–Trinajstić information content (AvgIpc) is 2.80. The fourth-order valence-electron chi connectivity index (χ4n) is 2.73. The molecule has 9 heteroatoms. The van der Waals surface area contributed by atoms with Crippen LogP contribution in [0.2, 0.25) is 5.02 Å². The molecule has 0 radical (unpaired) electrons. The number of aromatic hydroxyl groups is 1. The Kier molecular flexibility index (Phi) is 6.96. The topological polar surface area (TPSA) is 94.1 Å². The number of benzene rings is 1. The van der Waals surface area contributed by atoms with E-state index in [0.717, 1.165) is 0 Å². The monoisotopic (exact) mass is 437 g/mol. The van der Waals surface area contributed by atoms with Gasteiger partial charge in [0.2, 0.25) is 0 Å². The van der Waals surface area contributed by atoms with Crippen LogP contribution in [0.4, 0.5) is 4.79 Å². The molecule has 7 nitrogen and oxygen atoms in total. The summed E-state index contributed by atoms with van der Waals surface area (Å²) < 4.78 is 17.5. The van der Waals surface area contributed by atoms with E-state index in [0.29, 0.717) is 17.3 Å². The van der Waals surface area contributed by atoms with Crippen molar-refractivity contribution in [3.05, 3.63) is 33.8 Å². The first-order valence-electron chi connectivity index (χ1n) is 9.66. The van der Waals surface area contributed by atoms with E-state index in [1.54, 1.807) is 26.8 Å². The Labute approximate surface area is 182 Å². The summed E-state index contributed by atoms with van der Waals surface area (Å²) in [5.41, 5.74) is -0.973. The molecule has 1 heterocycles. The van der Waals surface area contributed by atoms with E-state index >= 15 is 0 Å². The summed E-state index contributed by atoms with van der Waals surface area (Å²) in [6.07, 6.45) is 1.51. The van der Waals surface area contributed by atoms with Crippen molar-refractivity contribution in [2.75, 3.05) is 6.54 Å². The molecule has 1 fully saturated rings. The zero-order valence-corrected chi connectivity index (χ0v) is 19.2. The Hall–Kier alpha value is -2.03. The third-order valence-corrected chi connectivity index (χ3v) is 5.21. The van der Waals surface area contributed by atoms with Crippen molar-refractivity contribution in [1.29, 1.82) is 0 Å². The molecule has 0 aliphatic carbocycles. The highest BCUT2D eigenvalue weighted by Gasteiger charge is 2.52. The molecule has 1 aromatic rings. The molecule has 1 saturated heterocycles. The number of halogens is 1. The maximum Gasteiger partial charge on any atom is 0.492 e. The van der Waals surface area contributed by atoms with Crippen LogP contribution in [0.1, 0.15) is 64.4 Å². The number of hydrogen-bond acceptors (Lipinski definition) is 6. The first-order valence-corrected chi connectivity index (χ1v) is 10.0. The Bertz CT molecular complexity index is 844. The maximum absolute atomic E-state index is 12.1. The van der Waals surface area contributed by atoms with Crippen LogP contribution in [-0.2, 0) is 14.0 Å². The number of phenols is 1. The number of alkyl carbamates (subject to hydrolysis) is 1. The van der Waals surface area contributed by atoms with Crippen molar-refractivity contribution in [1.82, 2.24) is 5.32 Å². The second-order valence-corrected chi connectivity index (χ2v) is 9.65. The molecular weight excluding hydrogens is 408 g/mol. The number of carbonyl (C=O) groups is 2. The van der Waals surface area contributed by atoms with Crippen molar-refractivity contribution in [2.45, 2.75) is 65.3 Å². The molecule has 0 unspecified atom stereocenters. The highest BCUT2D eigenvalue weighted by molar-refractivity contribution is 6.56. The van der Waals surface area contributed by atoms with Gasteiger partial charge in [0.1, 0.15) is 11.4 Å². The third kappa shape index (κ3) is 5.77. The number of rotatable bonds is 5. The second-order valence-electron chi connectivity index (χ2n) is 9.21. The van der Waals surface area contributed by atoms with E-state index in [1.807, 2.05) is 27.7 Å². The number of amides is 1. The first-order chi connectivity index (χ1) is 13.6. The van der Waals surface area contributed by atoms with Crippen LogP contribution in [0.3, 0.4) is 0 Å². The Morgan fingerprint density at radius 1 is 1.20 bits per heavy atom. The summed E-state index contributed by atoms with van der Waals surface area (Å²) in [5.74, 6) is -0.222. The number of hydrogen-bond donors (Lipinski definition) is 2. The smallest absolute Gasteiger partial charge is 0.492 e. The van der Waals surface area contributed by atoms with Crippen molar-refractivity contribution >= 4 is 37.2 Å². The normalized spacial score (nSPS) is 18.3. The fourth-order valence-corrected chi connectivity index (χ4v) is 2.96. The van der Waals surface area contributed by atoms with Crippen LogP contribution in [0, 0.1) is 0 Å². The molecule has 0 aromatic heterocycles. The minimum Gasteiger partial charge on any atom is -0.507 e. The lowest BCUT2D eigenvalue weighted by molar-refractivity contribution is 0.00578. The van der Waals surface area contributed by atoms with Gasteiger partial charge in [-0.2, -0.15) is 0 Å². The zero-order chi connectivity index (χ0) is 22.9. The van der Waals surface area contributed by atoms with Crippen LogP contribution in [0.25, 0.3) is 6.08 Å². The molecule has 0 bridgehead atoms. The predicted molar refractivity (Wildman–Crippen MR) is 117 cm³/mol. The quantitative estimate of drug-likeness (QED) is 0.524. The molecule has 1 amide bonds. The highest BCUT2D eigenvalue weighted by atomic mass is 35.5. The minimum atomic E-state index is -0.789. The molecular formula is C21H29BClNO6. The second kappa shape index (κ2) is 8.61. The summed E-state index contributed by atoms with van der Waals surface area (Å²) in [4.78, 5) is 23.4. The third-order valence-electron chi connectivity index (χ3n) is 4.99. The number of aldehydes is 1. The SMILES string of the molecule is CC(C)(C)OC(=O)NCC(=Cc1cc(Cl)cc(C=O)c1O)B1OC(C)(C)C(C)(C)O1. The van der Waals surface area contributed by atoms with Crippen LogP contribution >= 0.6 is 11.6 Å². The van der Waals surface area contributed by atoms with E-state index < -0.39 is 30.0 Å². The van der Waals surface area contributed by atoms with Gasteiger partial charge >= 0.3 is 13.2 Å². The standard InChI is InChI=1S/C21H29BClNO6/c1-19(2,3)28-18(27)24-11-15(22-29-20(4,5)21(6,7)30-22)8-13-9-16(23)10-14(12-25)17(13)26/h8-10,12,26H,11H2,1-7H3,(H,24,27).